The van der Waals surface area contributed by atoms with Gasteiger partial charge in [0.25, 0.3) is 0 Å². The van der Waals surface area contributed by atoms with Gasteiger partial charge in [-0.05, 0) is 38.3 Å². The van der Waals surface area contributed by atoms with Gasteiger partial charge in [0, 0.05) is 43.5 Å². The van der Waals surface area contributed by atoms with Crippen LogP contribution in [0.15, 0.2) is 30.3 Å². The van der Waals surface area contributed by atoms with Crippen LogP contribution < -0.4 is 10.6 Å². The molecule has 3 rings (SSSR count). The third kappa shape index (κ3) is 5.83. The fourth-order valence-electron chi connectivity index (χ4n) is 4.04. The minimum Gasteiger partial charge on any atom is -0.379 e. The molecule has 0 radical (unpaired) electrons. The van der Waals surface area contributed by atoms with Gasteiger partial charge in [0.2, 0.25) is 0 Å². The molecule has 0 aliphatic carbocycles. The van der Waals surface area contributed by atoms with E-state index in [0.717, 1.165) is 55.4 Å². The topological polar surface area (TPSA) is 71.4 Å². The normalized spacial score (nSPS) is 15.9. The van der Waals surface area contributed by atoms with Gasteiger partial charge in [0.15, 0.2) is 0 Å². The van der Waals surface area contributed by atoms with E-state index in [-0.39, 0.29) is 6.03 Å². The first kappa shape index (κ1) is 22.3. The van der Waals surface area contributed by atoms with E-state index in [0.29, 0.717) is 25.0 Å². The molecule has 1 aromatic carbocycles. The van der Waals surface area contributed by atoms with Crippen LogP contribution in [0.2, 0.25) is 0 Å². The number of nitrogens with zero attached hydrogens (tertiary/aromatic N) is 3. The number of rotatable bonds is 8. The Kier molecular flexibility index (Phi) is 7.87. The van der Waals surface area contributed by atoms with Crippen LogP contribution in [0.1, 0.15) is 37.2 Å². The summed E-state index contributed by atoms with van der Waals surface area (Å²) in [6.45, 7) is 13.0. The number of hydrogen-bond donors (Lipinski definition) is 2. The summed E-state index contributed by atoms with van der Waals surface area (Å²) in [5.74, 6) is 0.580. The Bertz CT molecular complexity index is 813. The smallest absolute Gasteiger partial charge is 0.315 e. The van der Waals surface area contributed by atoms with Crippen LogP contribution in [0.4, 0.5) is 4.79 Å². The molecule has 2 heterocycles. The van der Waals surface area contributed by atoms with Crippen molar-refractivity contribution in [3.8, 4) is 5.69 Å². The molecule has 2 aromatic rings. The number of nitrogens with one attached hydrogen (secondary N) is 2. The molecule has 1 aromatic heterocycles. The quantitative estimate of drug-likeness (QED) is 0.698. The Labute approximate surface area is 179 Å². The highest BCUT2D eigenvalue weighted by Gasteiger charge is 2.22. The Balaban J connectivity index is 1.55. The standard InChI is InChI=1S/C23H35N5O2/c1-17(2)14-21(27-10-12-30-13-11-27)15-24-23(29)25-16-22-18(3)26-28(19(22)4)20-8-6-5-7-9-20/h5-9,17,21H,10-16H2,1-4H3,(H2,24,25,29)/t21-/m0/s1. The zero-order valence-electron chi connectivity index (χ0n) is 18.6. The van der Waals surface area contributed by atoms with E-state index in [9.17, 15) is 4.79 Å². The molecule has 164 valence electrons. The van der Waals surface area contributed by atoms with Crippen LogP contribution in [0.3, 0.4) is 0 Å². The van der Waals surface area contributed by atoms with Gasteiger partial charge in [0.1, 0.15) is 0 Å². The van der Waals surface area contributed by atoms with E-state index in [1.165, 1.54) is 0 Å². The van der Waals surface area contributed by atoms with Gasteiger partial charge in [-0.2, -0.15) is 5.10 Å². The minimum atomic E-state index is -0.136. The summed E-state index contributed by atoms with van der Waals surface area (Å²) in [5.41, 5.74) is 4.06. The fraction of sp³-hybridized carbons (Fsp3) is 0.565. The number of aryl methyl sites for hydroxylation is 1. The largest absolute Gasteiger partial charge is 0.379 e. The third-order valence-corrected chi connectivity index (χ3v) is 5.67. The van der Waals surface area contributed by atoms with E-state index in [1.54, 1.807) is 0 Å². The SMILES string of the molecule is Cc1nn(-c2ccccc2)c(C)c1CNC(=O)NC[C@H](CC(C)C)N1CCOCC1. The molecule has 1 aliphatic heterocycles. The van der Waals surface area contributed by atoms with Crippen molar-refractivity contribution >= 4 is 6.03 Å². The molecular weight excluding hydrogens is 378 g/mol. The van der Waals surface area contributed by atoms with Gasteiger partial charge in [-0.3, -0.25) is 4.90 Å². The van der Waals surface area contributed by atoms with E-state index in [1.807, 2.05) is 48.9 Å². The Morgan fingerprint density at radius 3 is 2.50 bits per heavy atom. The van der Waals surface area contributed by atoms with E-state index < -0.39 is 0 Å². The lowest BCUT2D eigenvalue weighted by Crippen LogP contribution is -2.50. The number of carbonyl (C=O) groups is 1. The lowest BCUT2D eigenvalue weighted by molar-refractivity contribution is 0.0129. The molecule has 1 fully saturated rings. The van der Waals surface area contributed by atoms with Gasteiger partial charge >= 0.3 is 6.03 Å². The van der Waals surface area contributed by atoms with Crippen molar-refractivity contribution in [3.05, 3.63) is 47.3 Å². The Hall–Kier alpha value is -2.38. The number of para-hydroxylation sites is 1. The number of morpholine rings is 1. The monoisotopic (exact) mass is 413 g/mol. The summed E-state index contributed by atoms with van der Waals surface area (Å²) in [6.07, 6.45) is 1.06. The summed E-state index contributed by atoms with van der Waals surface area (Å²) >= 11 is 0. The summed E-state index contributed by atoms with van der Waals surface area (Å²) in [6, 6.07) is 10.3. The highest BCUT2D eigenvalue weighted by Crippen LogP contribution is 2.17. The first-order valence-corrected chi connectivity index (χ1v) is 10.9. The van der Waals surface area contributed by atoms with E-state index in [2.05, 4.69) is 34.5 Å². The maximum atomic E-state index is 12.5. The van der Waals surface area contributed by atoms with Gasteiger partial charge < -0.3 is 15.4 Å². The van der Waals surface area contributed by atoms with E-state index in [4.69, 9.17) is 4.74 Å². The molecule has 2 N–H and O–H groups in total. The van der Waals surface area contributed by atoms with Crippen LogP contribution in [-0.4, -0.2) is 59.6 Å². The van der Waals surface area contributed by atoms with Gasteiger partial charge in [-0.15, -0.1) is 0 Å². The highest BCUT2D eigenvalue weighted by molar-refractivity contribution is 5.73. The summed E-state index contributed by atoms with van der Waals surface area (Å²) in [7, 11) is 0. The molecule has 0 spiro atoms. The molecule has 0 unspecified atom stereocenters. The molecular formula is C23H35N5O2. The number of urea groups is 1. The molecule has 1 saturated heterocycles. The molecule has 30 heavy (non-hydrogen) atoms. The van der Waals surface area contributed by atoms with Gasteiger partial charge in [-0.25, -0.2) is 9.48 Å². The van der Waals surface area contributed by atoms with Crippen LogP contribution in [0.25, 0.3) is 5.69 Å². The van der Waals surface area contributed by atoms with Crippen LogP contribution in [0.5, 0.6) is 0 Å². The Morgan fingerprint density at radius 1 is 1.13 bits per heavy atom. The summed E-state index contributed by atoms with van der Waals surface area (Å²) in [4.78, 5) is 14.9. The second-order valence-corrected chi connectivity index (χ2v) is 8.39. The third-order valence-electron chi connectivity index (χ3n) is 5.67. The molecule has 7 heteroatoms. The second kappa shape index (κ2) is 10.6. The average molecular weight is 414 g/mol. The van der Waals surface area contributed by atoms with Crippen LogP contribution >= 0.6 is 0 Å². The average Bonchev–Trinajstić information content (AvgIpc) is 3.04. The first-order chi connectivity index (χ1) is 14.5. The first-order valence-electron chi connectivity index (χ1n) is 10.9. The summed E-state index contributed by atoms with van der Waals surface area (Å²) in [5, 5.41) is 10.7. The van der Waals surface area contributed by atoms with Crippen LogP contribution in [0, 0.1) is 19.8 Å². The maximum absolute atomic E-state index is 12.5. The number of ether oxygens (including phenoxy) is 1. The van der Waals surface area contributed by atoms with Crippen molar-refractivity contribution in [2.75, 3.05) is 32.8 Å². The fourth-order valence-corrected chi connectivity index (χ4v) is 4.04. The molecule has 1 atom stereocenters. The van der Waals surface area contributed by atoms with Crippen molar-refractivity contribution in [3.63, 3.8) is 0 Å². The molecule has 2 amide bonds. The lowest BCUT2D eigenvalue weighted by atomic mass is 10.0. The highest BCUT2D eigenvalue weighted by atomic mass is 16.5. The maximum Gasteiger partial charge on any atom is 0.315 e. The number of carbonyl (C=O) groups excluding carboxylic acids is 1. The number of hydrogen-bond acceptors (Lipinski definition) is 4. The van der Waals surface area contributed by atoms with Gasteiger partial charge in [-0.1, -0.05) is 32.0 Å². The number of benzene rings is 1. The lowest BCUT2D eigenvalue weighted by Gasteiger charge is -2.35. The number of amides is 2. The second-order valence-electron chi connectivity index (χ2n) is 8.39. The van der Waals surface area contributed by atoms with Crippen LogP contribution in [-0.2, 0) is 11.3 Å². The zero-order valence-corrected chi connectivity index (χ0v) is 18.6. The molecule has 1 aliphatic rings. The predicted octanol–water partition coefficient (Wildman–Crippen LogP) is 3.04. The van der Waals surface area contributed by atoms with Crippen molar-refractivity contribution in [2.45, 2.75) is 46.7 Å². The van der Waals surface area contributed by atoms with E-state index >= 15 is 0 Å². The molecule has 7 nitrogen and oxygen atoms in total. The van der Waals surface area contributed by atoms with Gasteiger partial charge in [0.05, 0.1) is 24.6 Å². The predicted molar refractivity (Wildman–Crippen MR) is 119 cm³/mol. The van der Waals surface area contributed by atoms with Crippen molar-refractivity contribution < 1.29 is 9.53 Å². The van der Waals surface area contributed by atoms with Crippen molar-refractivity contribution in [1.82, 2.24) is 25.3 Å². The zero-order chi connectivity index (χ0) is 21.5. The Morgan fingerprint density at radius 2 is 1.83 bits per heavy atom. The minimum absolute atomic E-state index is 0.136. The van der Waals surface area contributed by atoms with Crippen molar-refractivity contribution in [1.29, 1.82) is 0 Å². The molecule has 0 saturated carbocycles. The molecule has 0 bridgehead atoms. The summed E-state index contributed by atoms with van der Waals surface area (Å²) < 4.78 is 7.41. The van der Waals surface area contributed by atoms with Crippen molar-refractivity contribution in [2.24, 2.45) is 5.92 Å². The number of aromatic nitrogens is 2.